The van der Waals surface area contributed by atoms with Gasteiger partial charge in [-0.3, -0.25) is 9.59 Å². The SMILES string of the molecule is COc1ccc(C(=O)N2CCCCCCNC(=O)[C@@H]3CCC[C@@H]32)c(OC)n1. The molecule has 1 aliphatic carbocycles. The highest BCUT2D eigenvalue weighted by atomic mass is 16.5. The van der Waals surface area contributed by atoms with E-state index >= 15 is 0 Å². The Kier molecular flexibility index (Phi) is 6.53. The summed E-state index contributed by atoms with van der Waals surface area (Å²) >= 11 is 0. The number of amides is 2. The summed E-state index contributed by atoms with van der Waals surface area (Å²) < 4.78 is 10.5. The largest absolute Gasteiger partial charge is 0.481 e. The van der Waals surface area contributed by atoms with Crippen molar-refractivity contribution < 1.29 is 19.1 Å². The maximum absolute atomic E-state index is 13.4. The fourth-order valence-corrected chi connectivity index (χ4v) is 4.15. The van der Waals surface area contributed by atoms with Gasteiger partial charge in [0.15, 0.2) is 0 Å². The number of hydrogen-bond acceptors (Lipinski definition) is 5. The molecular formula is C20H29N3O4. The van der Waals surface area contributed by atoms with Crippen molar-refractivity contribution in [2.45, 2.75) is 51.0 Å². The molecule has 0 aromatic carbocycles. The maximum atomic E-state index is 13.4. The van der Waals surface area contributed by atoms with Gasteiger partial charge in [0, 0.05) is 25.2 Å². The van der Waals surface area contributed by atoms with Crippen LogP contribution in [0.5, 0.6) is 11.8 Å². The Hall–Kier alpha value is -2.31. The predicted molar refractivity (Wildman–Crippen MR) is 101 cm³/mol. The average Bonchev–Trinajstić information content (AvgIpc) is 3.17. The second-order valence-electron chi connectivity index (χ2n) is 7.22. The third kappa shape index (κ3) is 4.34. The summed E-state index contributed by atoms with van der Waals surface area (Å²) in [6.07, 6.45) is 6.70. The van der Waals surface area contributed by atoms with Crippen LogP contribution in [0.4, 0.5) is 0 Å². The Balaban J connectivity index is 1.90. The molecule has 0 unspecified atom stereocenters. The van der Waals surface area contributed by atoms with Gasteiger partial charge >= 0.3 is 0 Å². The molecule has 1 N–H and O–H groups in total. The van der Waals surface area contributed by atoms with Gasteiger partial charge in [-0.1, -0.05) is 19.3 Å². The lowest BCUT2D eigenvalue weighted by atomic mass is 9.99. The minimum absolute atomic E-state index is 0.0672. The number of hydrogen-bond donors (Lipinski definition) is 1. The van der Waals surface area contributed by atoms with Crippen LogP contribution in [-0.4, -0.2) is 55.0 Å². The zero-order valence-corrected chi connectivity index (χ0v) is 16.2. The van der Waals surface area contributed by atoms with Gasteiger partial charge < -0.3 is 19.7 Å². The molecule has 2 fully saturated rings. The van der Waals surface area contributed by atoms with Crippen molar-refractivity contribution in [3.05, 3.63) is 17.7 Å². The van der Waals surface area contributed by atoms with E-state index in [1.54, 1.807) is 12.1 Å². The van der Waals surface area contributed by atoms with Crippen molar-refractivity contribution in [2.24, 2.45) is 5.92 Å². The number of carbonyl (C=O) groups is 2. The van der Waals surface area contributed by atoms with Crippen molar-refractivity contribution in [3.8, 4) is 11.8 Å². The molecule has 0 bridgehead atoms. The smallest absolute Gasteiger partial charge is 0.259 e. The molecule has 1 aromatic heterocycles. The van der Waals surface area contributed by atoms with Crippen LogP contribution >= 0.6 is 0 Å². The highest BCUT2D eigenvalue weighted by molar-refractivity contribution is 5.97. The number of ether oxygens (including phenoxy) is 2. The first kappa shape index (κ1) is 19.5. The van der Waals surface area contributed by atoms with Crippen molar-refractivity contribution in [2.75, 3.05) is 27.3 Å². The van der Waals surface area contributed by atoms with E-state index in [0.717, 1.165) is 51.5 Å². The Labute approximate surface area is 160 Å². The first-order valence-corrected chi connectivity index (χ1v) is 9.83. The van der Waals surface area contributed by atoms with E-state index < -0.39 is 0 Å². The van der Waals surface area contributed by atoms with Gasteiger partial charge in [0.1, 0.15) is 5.56 Å². The molecular weight excluding hydrogens is 346 g/mol. The van der Waals surface area contributed by atoms with E-state index in [-0.39, 0.29) is 29.7 Å². The Bertz CT molecular complexity index is 679. The van der Waals surface area contributed by atoms with Crippen LogP contribution in [0.25, 0.3) is 0 Å². The first-order valence-electron chi connectivity index (χ1n) is 9.83. The van der Waals surface area contributed by atoms with E-state index in [2.05, 4.69) is 10.3 Å². The molecule has 3 rings (SSSR count). The zero-order valence-electron chi connectivity index (χ0n) is 16.2. The van der Waals surface area contributed by atoms with Gasteiger partial charge in [-0.2, -0.15) is 4.98 Å². The van der Waals surface area contributed by atoms with E-state index in [0.29, 0.717) is 18.0 Å². The lowest BCUT2D eigenvalue weighted by molar-refractivity contribution is -0.126. The standard InChI is InChI=1S/C20H29N3O4/c1-26-17-11-10-15(19(22-17)27-2)20(25)23-13-6-4-3-5-12-21-18(24)14-8-7-9-16(14)23/h10-11,14,16H,3-9,12-13H2,1-2H3,(H,21,24)/t14-,16+/m1/s1. The fraction of sp³-hybridized carbons (Fsp3) is 0.650. The second kappa shape index (κ2) is 9.06. The predicted octanol–water partition coefficient (Wildman–Crippen LogP) is 2.40. The Morgan fingerprint density at radius 1 is 1.11 bits per heavy atom. The highest BCUT2D eigenvalue weighted by Gasteiger charge is 2.39. The summed E-state index contributed by atoms with van der Waals surface area (Å²) in [7, 11) is 3.02. The first-order chi connectivity index (χ1) is 13.2. The summed E-state index contributed by atoms with van der Waals surface area (Å²) in [5, 5.41) is 3.06. The van der Waals surface area contributed by atoms with Gasteiger partial charge in [0.2, 0.25) is 17.7 Å². The van der Waals surface area contributed by atoms with Crippen molar-refractivity contribution in [1.29, 1.82) is 0 Å². The number of rotatable bonds is 3. The quantitative estimate of drug-likeness (QED) is 0.877. The van der Waals surface area contributed by atoms with E-state index in [1.807, 2.05) is 4.90 Å². The molecule has 1 saturated carbocycles. The lowest BCUT2D eigenvalue weighted by Crippen LogP contribution is -2.47. The van der Waals surface area contributed by atoms with Gasteiger partial charge in [0.25, 0.3) is 5.91 Å². The van der Waals surface area contributed by atoms with E-state index in [4.69, 9.17) is 9.47 Å². The number of methoxy groups -OCH3 is 2. The van der Waals surface area contributed by atoms with Crippen LogP contribution in [-0.2, 0) is 4.79 Å². The monoisotopic (exact) mass is 375 g/mol. The van der Waals surface area contributed by atoms with Crippen LogP contribution in [0.3, 0.4) is 0 Å². The molecule has 2 amide bonds. The number of aromatic nitrogens is 1. The molecule has 27 heavy (non-hydrogen) atoms. The van der Waals surface area contributed by atoms with Gasteiger partial charge in [-0.15, -0.1) is 0 Å². The molecule has 1 saturated heterocycles. The van der Waals surface area contributed by atoms with Crippen LogP contribution in [0.1, 0.15) is 55.3 Å². The van der Waals surface area contributed by atoms with Crippen LogP contribution < -0.4 is 14.8 Å². The molecule has 7 nitrogen and oxygen atoms in total. The molecule has 0 spiro atoms. The maximum Gasteiger partial charge on any atom is 0.259 e. The number of fused-ring (bicyclic) bond motifs is 1. The normalized spacial score (nSPS) is 23.8. The number of pyridine rings is 1. The minimum Gasteiger partial charge on any atom is -0.481 e. The third-order valence-corrected chi connectivity index (χ3v) is 5.57. The summed E-state index contributed by atoms with van der Waals surface area (Å²) in [4.78, 5) is 32.2. The molecule has 2 atom stereocenters. The molecule has 0 radical (unpaired) electrons. The zero-order chi connectivity index (χ0) is 19.2. The molecule has 2 heterocycles. The van der Waals surface area contributed by atoms with E-state index in [1.165, 1.54) is 14.2 Å². The summed E-state index contributed by atoms with van der Waals surface area (Å²) in [5.41, 5.74) is 0.416. The summed E-state index contributed by atoms with van der Waals surface area (Å²) in [5.74, 6) is 0.485. The van der Waals surface area contributed by atoms with E-state index in [9.17, 15) is 9.59 Å². The summed E-state index contributed by atoms with van der Waals surface area (Å²) in [6, 6.07) is 3.30. The molecule has 148 valence electrons. The number of carbonyl (C=O) groups excluding carboxylic acids is 2. The summed E-state index contributed by atoms with van der Waals surface area (Å²) in [6.45, 7) is 1.38. The van der Waals surface area contributed by atoms with Crippen molar-refractivity contribution >= 4 is 11.8 Å². The van der Waals surface area contributed by atoms with Crippen molar-refractivity contribution in [3.63, 3.8) is 0 Å². The topological polar surface area (TPSA) is 80.8 Å². The third-order valence-electron chi connectivity index (χ3n) is 5.57. The molecule has 2 aliphatic rings. The lowest BCUT2D eigenvalue weighted by Gasteiger charge is -2.33. The molecule has 1 aliphatic heterocycles. The number of nitrogens with zero attached hydrogens (tertiary/aromatic N) is 2. The van der Waals surface area contributed by atoms with Gasteiger partial charge in [0.05, 0.1) is 20.1 Å². The number of nitrogens with one attached hydrogen (secondary N) is 1. The van der Waals surface area contributed by atoms with Gasteiger partial charge in [-0.25, -0.2) is 0 Å². The minimum atomic E-state index is -0.135. The highest BCUT2D eigenvalue weighted by Crippen LogP contribution is 2.33. The fourth-order valence-electron chi connectivity index (χ4n) is 4.15. The molecule has 7 heteroatoms. The molecule has 1 aromatic rings. The Morgan fingerprint density at radius 2 is 1.93 bits per heavy atom. The Morgan fingerprint density at radius 3 is 2.70 bits per heavy atom. The second-order valence-corrected chi connectivity index (χ2v) is 7.22. The van der Waals surface area contributed by atoms with Gasteiger partial charge in [-0.05, 0) is 31.7 Å². The average molecular weight is 375 g/mol. The van der Waals surface area contributed by atoms with Crippen LogP contribution in [0, 0.1) is 5.92 Å². The van der Waals surface area contributed by atoms with Crippen molar-refractivity contribution in [1.82, 2.24) is 15.2 Å². The van der Waals surface area contributed by atoms with Crippen LogP contribution in [0.15, 0.2) is 12.1 Å². The van der Waals surface area contributed by atoms with Crippen LogP contribution in [0.2, 0.25) is 0 Å².